The zero-order valence-corrected chi connectivity index (χ0v) is 11.5. The maximum absolute atomic E-state index is 11.7. The van der Waals surface area contributed by atoms with E-state index in [4.69, 9.17) is 11.6 Å². The van der Waals surface area contributed by atoms with Gasteiger partial charge in [0.1, 0.15) is 0 Å². The van der Waals surface area contributed by atoms with E-state index < -0.39 is 0 Å². The lowest BCUT2D eigenvalue weighted by atomic mass is 10.3. The maximum Gasteiger partial charge on any atom is 0.277 e. The lowest BCUT2D eigenvalue weighted by Crippen LogP contribution is -2.13. The SMILES string of the molecule is O=C(Nc1ccc(Cl)cc1I)c1csnn1. The highest BCUT2D eigenvalue weighted by molar-refractivity contribution is 14.1. The summed E-state index contributed by atoms with van der Waals surface area (Å²) in [6.45, 7) is 0. The third-order valence-electron chi connectivity index (χ3n) is 1.77. The third-order valence-corrected chi connectivity index (χ3v) is 3.40. The van der Waals surface area contributed by atoms with Crippen molar-refractivity contribution in [3.05, 3.63) is 37.9 Å². The fraction of sp³-hybridized carbons (Fsp3) is 0. The second-order valence-electron chi connectivity index (χ2n) is 2.87. The van der Waals surface area contributed by atoms with Crippen molar-refractivity contribution in [2.75, 3.05) is 5.32 Å². The van der Waals surface area contributed by atoms with E-state index >= 15 is 0 Å². The monoisotopic (exact) mass is 365 g/mol. The second kappa shape index (κ2) is 5.07. The van der Waals surface area contributed by atoms with Gasteiger partial charge in [0, 0.05) is 14.0 Å². The Kier molecular flexibility index (Phi) is 3.72. The van der Waals surface area contributed by atoms with E-state index in [1.165, 1.54) is 0 Å². The van der Waals surface area contributed by atoms with Crippen LogP contribution in [-0.2, 0) is 0 Å². The van der Waals surface area contributed by atoms with E-state index in [2.05, 4.69) is 37.5 Å². The Bertz CT molecular complexity index is 517. The van der Waals surface area contributed by atoms with E-state index in [1.54, 1.807) is 23.6 Å². The largest absolute Gasteiger partial charge is 0.320 e. The molecule has 7 heteroatoms. The molecule has 0 spiro atoms. The molecule has 1 N–H and O–H groups in total. The van der Waals surface area contributed by atoms with Gasteiger partial charge in [0.05, 0.1) is 5.69 Å². The molecule has 0 saturated heterocycles. The van der Waals surface area contributed by atoms with Crippen LogP contribution in [0.5, 0.6) is 0 Å². The summed E-state index contributed by atoms with van der Waals surface area (Å²) >= 11 is 9.06. The molecule has 0 unspecified atom stereocenters. The zero-order chi connectivity index (χ0) is 11.5. The highest BCUT2D eigenvalue weighted by Gasteiger charge is 2.10. The Hall–Kier alpha value is -0.730. The van der Waals surface area contributed by atoms with Crippen LogP contribution in [0, 0.1) is 3.57 Å². The number of rotatable bonds is 2. The van der Waals surface area contributed by atoms with E-state index in [0.717, 1.165) is 15.1 Å². The Balaban J connectivity index is 2.18. The minimum atomic E-state index is -0.269. The molecule has 0 atom stereocenters. The fourth-order valence-corrected chi connectivity index (χ4v) is 2.48. The van der Waals surface area contributed by atoms with Crippen molar-refractivity contribution >= 4 is 57.3 Å². The molecule has 1 amide bonds. The molecule has 82 valence electrons. The summed E-state index contributed by atoms with van der Waals surface area (Å²) in [5.41, 5.74) is 1.03. The minimum absolute atomic E-state index is 0.269. The Morgan fingerprint density at radius 1 is 1.50 bits per heavy atom. The summed E-state index contributed by atoms with van der Waals surface area (Å²) in [6.07, 6.45) is 0. The molecule has 0 aliphatic heterocycles. The predicted octanol–water partition coefficient (Wildman–Crippen LogP) is 3.05. The molecule has 0 bridgehead atoms. The van der Waals surface area contributed by atoms with E-state index in [9.17, 15) is 4.79 Å². The smallest absolute Gasteiger partial charge is 0.277 e. The van der Waals surface area contributed by atoms with Gasteiger partial charge in [-0.05, 0) is 52.3 Å². The Labute approximate surface area is 114 Å². The number of hydrogen-bond donors (Lipinski definition) is 1. The summed E-state index contributed by atoms with van der Waals surface area (Å²) in [6, 6.07) is 5.25. The van der Waals surface area contributed by atoms with Crippen LogP contribution in [0.2, 0.25) is 5.02 Å². The van der Waals surface area contributed by atoms with E-state index in [0.29, 0.717) is 16.4 Å². The molecule has 1 aromatic heterocycles. The van der Waals surface area contributed by atoms with E-state index in [1.807, 2.05) is 0 Å². The van der Waals surface area contributed by atoms with E-state index in [-0.39, 0.29) is 5.91 Å². The van der Waals surface area contributed by atoms with Crippen molar-refractivity contribution in [2.45, 2.75) is 0 Å². The van der Waals surface area contributed by atoms with Gasteiger partial charge in [0.15, 0.2) is 5.69 Å². The topological polar surface area (TPSA) is 54.9 Å². The van der Waals surface area contributed by atoms with Gasteiger partial charge in [-0.25, -0.2) is 0 Å². The van der Waals surface area contributed by atoms with Gasteiger partial charge in [-0.3, -0.25) is 4.79 Å². The van der Waals surface area contributed by atoms with Gasteiger partial charge in [-0.2, -0.15) is 0 Å². The van der Waals surface area contributed by atoms with Crippen molar-refractivity contribution in [3.63, 3.8) is 0 Å². The van der Waals surface area contributed by atoms with Gasteiger partial charge < -0.3 is 5.32 Å². The first-order valence-electron chi connectivity index (χ1n) is 4.20. The van der Waals surface area contributed by atoms with Crippen molar-refractivity contribution in [1.29, 1.82) is 0 Å². The summed E-state index contributed by atoms with van der Waals surface area (Å²) in [7, 11) is 0. The fourth-order valence-electron chi connectivity index (χ4n) is 1.04. The Morgan fingerprint density at radius 2 is 2.31 bits per heavy atom. The molecule has 0 aliphatic carbocycles. The first-order valence-corrected chi connectivity index (χ1v) is 6.49. The number of benzene rings is 1. The van der Waals surface area contributed by atoms with Crippen LogP contribution in [0.3, 0.4) is 0 Å². The molecule has 1 aromatic carbocycles. The summed E-state index contributed by atoms with van der Waals surface area (Å²) in [4.78, 5) is 11.7. The zero-order valence-electron chi connectivity index (χ0n) is 7.78. The highest BCUT2D eigenvalue weighted by atomic mass is 127. The summed E-state index contributed by atoms with van der Waals surface area (Å²) in [5.74, 6) is -0.269. The number of carbonyl (C=O) groups excluding carboxylic acids is 1. The van der Waals surface area contributed by atoms with Crippen LogP contribution >= 0.6 is 45.7 Å². The van der Waals surface area contributed by atoms with Crippen LogP contribution in [0.1, 0.15) is 10.5 Å². The number of nitrogens with one attached hydrogen (secondary N) is 1. The van der Waals surface area contributed by atoms with Crippen LogP contribution in [0.15, 0.2) is 23.6 Å². The van der Waals surface area contributed by atoms with Gasteiger partial charge in [-0.1, -0.05) is 16.1 Å². The molecule has 1 heterocycles. The molecule has 2 rings (SSSR count). The van der Waals surface area contributed by atoms with Crippen LogP contribution in [0.4, 0.5) is 5.69 Å². The molecular formula is C9H5ClIN3OS. The normalized spacial score (nSPS) is 10.1. The molecule has 0 fully saturated rings. The average Bonchev–Trinajstić information content (AvgIpc) is 2.75. The quantitative estimate of drug-likeness (QED) is 0.832. The van der Waals surface area contributed by atoms with Gasteiger partial charge in [0.25, 0.3) is 5.91 Å². The van der Waals surface area contributed by atoms with Crippen molar-refractivity contribution in [1.82, 2.24) is 9.59 Å². The first kappa shape index (κ1) is 11.7. The molecular weight excluding hydrogens is 361 g/mol. The van der Waals surface area contributed by atoms with Gasteiger partial charge in [0.2, 0.25) is 0 Å². The van der Waals surface area contributed by atoms with Gasteiger partial charge >= 0.3 is 0 Å². The third kappa shape index (κ3) is 2.69. The van der Waals surface area contributed by atoms with Crippen LogP contribution in [-0.4, -0.2) is 15.5 Å². The van der Waals surface area contributed by atoms with Crippen molar-refractivity contribution < 1.29 is 4.79 Å². The lowest BCUT2D eigenvalue weighted by Gasteiger charge is -2.05. The molecule has 2 aromatic rings. The molecule has 0 radical (unpaired) electrons. The average molecular weight is 366 g/mol. The summed E-state index contributed by atoms with van der Waals surface area (Å²) < 4.78 is 4.51. The lowest BCUT2D eigenvalue weighted by molar-refractivity contribution is 0.102. The number of nitrogens with zero attached hydrogens (tertiary/aromatic N) is 2. The van der Waals surface area contributed by atoms with Crippen LogP contribution in [0.25, 0.3) is 0 Å². The van der Waals surface area contributed by atoms with Gasteiger partial charge in [-0.15, -0.1) is 5.10 Å². The number of amides is 1. The predicted molar refractivity (Wildman–Crippen MR) is 72.0 cm³/mol. The van der Waals surface area contributed by atoms with Crippen LogP contribution < -0.4 is 5.32 Å². The number of aromatic nitrogens is 2. The Morgan fingerprint density at radius 3 is 2.94 bits per heavy atom. The summed E-state index contributed by atoms with van der Waals surface area (Å²) in [5, 5.41) is 8.66. The number of anilines is 1. The van der Waals surface area contributed by atoms with Crippen molar-refractivity contribution in [2.24, 2.45) is 0 Å². The molecule has 0 saturated carbocycles. The number of halogens is 2. The molecule has 16 heavy (non-hydrogen) atoms. The standard InChI is InChI=1S/C9H5ClIN3OS/c10-5-1-2-7(6(11)3-5)12-9(15)8-4-16-14-13-8/h1-4H,(H,12,15). The molecule has 0 aliphatic rings. The highest BCUT2D eigenvalue weighted by Crippen LogP contribution is 2.22. The second-order valence-corrected chi connectivity index (χ2v) is 5.08. The number of carbonyl (C=O) groups is 1. The number of hydrogen-bond acceptors (Lipinski definition) is 4. The first-order chi connectivity index (χ1) is 7.66. The maximum atomic E-state index is 11.7. The molecule has 4 nitrogen and oxygen atoms in total. The van der Waals surface area contributed by atoms with Crippen molar-refractivity contribution in [3.8, 4) is 0 Å². The minimum Gasteiger partial charge on any atom is -0.320 e.